The summed E-state index contributed by atoms with van der Waals surface area (Å²) in [7, 11) is 0. The fourth-order valence-corrected chi connectivity index (χ4v) is 4.32. The summed E-state index contributed by atoms with van der Waals surface area (Å²) >= 11 is 6.15. The van der Waals surface area contributed by atoms with Gasteiger partial charge in [0.05, 0.1) is 11.8 Å². The Labute approximate surface area is 194 Å². The zero-order valence-electron chi connectivity index (χ0n) is 18.6. The smallest absolute Gasteiger partial charge is 0.203 e. The van der Waals surface area contributed by atoms with Crippen LogP contribution in [0.5, 0.6) is 0 Å². The molecule has 0 amide bonds. The van der Waals surface area contributed by atoms with Crippen molar-refractivity contribution in [3.8, 4) is 0 Å². The summed E-state index contributed by atoms with van der Waals surface area (Å²) in [5.41, 5.74) is 8.46. The summed E-state index contributed by atoms with van der Waals surface area (Å²) in [6, 6.07) is 24.0. The number of rotatable bonds is 5. The molecule has 3 aromatic rings. The molecule has 3 aromatic carbocycles. The lowest BCUT2D eigenvalue weighted by Crippen LogP contribution is -2.16. The van der Waals surface area contributed by atoms with Crippen molar-refractivity contribution in [2.45, 2.75) is 33.2 Å². The lowest BCUT2D eigenvalue weighted by atomic mass is 9.87. The largest absolute Gasteiger partial charge is 0.232 e. The monoisotopic (exact) mass is 444 g/mol. The van der Waals surface area contributed by atoms with E-state index in [1.165, 1.54) is 10.6 Å². The van der Waals surface area contributed by atoms with Crippen molar-refractivity contribution in [1.29, 1.82) is 0 Å². The third-order valence-electron chi connectivity index (χ3n) is 5.98. The molecule has 1 atom stereocenters. The highest BCUT2D eigenvalue weighted by Gasteiger charge is 2.31. The molecule has 0 fully saturated rings. The normalized spacial score (nSPS) is 16.6. The first-order chi connectivity index (χ1) is 15.3. The molecule has 0 aliphatic carbocycles. The highest BCUT2D eigenvalue weighted by Crippen LogP contribution is 2.38. The number of hydrogen-bond acceptors (Lipinski definition) is 2. The van der Waals surface area contributed by atoms with Gasteiger partial charge in [-0.15, -0.1) is 0 Å². The molecule has 162 valence electrons. The zero-order valence-corrected chi connectivity index (χ0v) is 19.3. The topological polar surface area (TPSA) is 15.6 Å². The SMILES string of the molecule is C=C(F)N1N=C(/C(C)=C(\c2ccc(Cl)cc2)c2ccccc2C)CC1c1ccc(C)cc1. The van der Waals surface area contributed by atoms with Gasteiger partial charge in [-0.25, -0.2) is 5.01 Å². The van der Waals surface area contributed by atoms with Crippen molar-refractivity contribution in [2.75, 3.05) is 0 Å². The number of aryl methyl sites for hydroxylation is 2. The van der Waals surface area contributed by atoms with Gasteiger partial charge in [-0.1, -0.05) is 77.8 Å². The Bertz CT molecular complexity index is 1210. The molecular weight excluding hydrogens is 419 g/mol. The van der Waals surface area contributed by atoms with Gasteiger partial charge in [0.25, 0.3) is 0 Å². The maximum Gasteiger partial charge on any atom is 0.203 e. The van der Waals surface area contributed by atoms with Crippen LogP contribution in [0.4, 0.5) is 4.39 Å². The second-order valence-electron chi connectivity index (χ2n) is 8.22. The van der Waals surface area contributed by atoms with Crippen molar-refractivity contribution in [1.82, 2.24) is 5.01 Å². The minimum atomic E-state index is -0.553. The second kappa shape index (κ2) is 9.13. The molecule has 1 unspecified atom stereocenters. The van der Waals surface area contributed by atoms with Crippen LogP contribution in [0, 0.1) is 13.8 Å². The van der Waals surface area contributed by atoms with Gasteiger partial charge >= 0.3 is 0 Å². The first-order valence-electron chi connectivity index (χ1n) is 10.7. The van der Waals surface area contributed by atoms with Crippen LogP contribution in [0.15, 0.2) is 96.0 Å². The lowest BCUT2D eigenvalue weighted by Gasteiger charge is -2.21. The quantitative estimate of drug-likeness (QED) is 0.364. The van der Waals surface area contributed by atoms with Crippen LogP contribution >= 0.6 is 11.6 Å². The average molecular weight is 445 g/mol. The first-order valence-corrected chi connectivity index (χ1v) is 11.0. The molecule has 0 aromatic heterocycles. The van der Waals surface area contributed by atoms with E-state index < -0.39 is 5.95 Å². The predicted octanol–water partition coefficient (Wildman–Crippen LogP) is 8.02. The fourth-order valence-electron chi connectivity index (χ4n) is 4.20. The van der Waals surface area contributed by atoms with E-state index in [9.17, 15) is 4.39 Å². The lowest BCUT2D eigenvalue weighted by molar-refractivity contribution is 0.235. The Balaban J connectivity index is 1.83. The van der Waals surface area contributed by atoms with Crippen molar-refractivity contribution in [2.24, 2.45) is 5.10 Å². The summed E-state index contributed by atoms with van der Waals surface area (Å²) < 4.78 is 14.4. The summed E-state index contributed by atoms with van der Waals surface area (Å²) in [6.07, 6.45) is 0.598. The van der Waals surface area contributed by atoms with E-state index in [2.05, 4.69) is 37.7 Å². The molecule has 0 saturated heterocycles. The Morgan fingerprint density at radius 1 is 1.00 bits per heavy atom. The van der Waals surface area contributed by atoms with Crippen LogP contribution < -0.4 is 0 Å². The molecule has 0 spiro atoms. The van der Waals surface area contributed by atoms with Crippen molar-refractivity contribution >= 4 is 22.9 Å². The van der Waals surface area contributed by atoms with Gasteiger partial charge in [0, 0.05) is 11.4 Å². The first kappa shape index (κ1) is 22.0. The van der Waals surface area contributed by atoms with E-state index in [4.69, 9.17) is 11.6 Å². The van der Waals surface area contributed by atoms with Gasteiger partial charge in [0.1, 0.15) is 0 Å². The van der Waals surface area contributed by atoms with Crippen LogP contribution in [0.3, 0.4) is 0 Å². The van der Waals surface area contributed by atoms with Gasteiger partial charge in [-0.05, 0) is 72.9 Å². The molecule has 32 heavy (non-hydrogen) atoms. The maximum atomic E-state index is 14.4. The number of hydrazone groups is 1. The van der Waals surface area contributed by atoms with E-state index >= 15 is 0 Å². The minimum absolute atomic E-state index is 0.221. The van der Waals surface area contributed by atoms with Crippen LogP contribution in [0.2, 0.25) is 5.02 Å². The zero-order chi connectivity index (χ0) is 22.8. The van der Waals surface area contributed by atoms with E-state index in [1.807, 2.05) is 67.6 Å². The van der Waals surface area contributed by atoms with Gasteiger partial charge in [-0.2, -0.15) is 9.49 Å². The van der Waals surface area contributed by atoms with Crippen molar-refractivity contribution in [3.63, 3.8) is 0 Å². The molecule has 4 heteroatoms. The number of halogens is 2. The number of nitrogens with zero attached hydrogens (tertiary/aromatic N) is 2. The Kier molecular flexibility index (Phi) is 6.29. The Morgan fingerprint density at radius 3 is 2.28 bits per heavy atom. The molecule has 1 aliphatic rings. The molecular formula is C28H26ClFN2. The molecule has 2 nitrogen and oxygen atoms in total. The van der Waals surface area contributed by atoms with Gasteiger partial charge in [0.15, 0.2) is 0 Å². The highest BCUT2D eigenvalue weighted by atomic mass is 35.5. The van der Waals surface area contributed by atoms with Crippen LogP contribution in [0.1, 0.15) is 47.2 Å². The highest BCUT2D eigenvalue weighted by molar-refractivity contribution is 6.30. The Hall–Kier alpha value is -3.17. The standard InChI is InChI=1S/C28H26ClFN2/c1-18-9-11-22(12-10-18)27-17-26(31-32(27)21(4)30)20(3)28(23-13-15-24(29)16-14-23)25-8-6-5-7-19(25)2/h5-16,27H,4,17H2,1-3H3/b28-20+. The number of hydrogen-bond donors (Lipinski definition) is 0. The van der Waals surface area contributed by atoms with Crippen LogP contribution in [-0.2, 0) is 0 Å². The van der Waals surface area contributed by atoms with Gasteiger partial charge < -0.3 is 0 Å². The molecule has 0 bridgehead atoms. The minimum Gasteiger partial charge on any atom is -0.232 e. The molecule has 0 radical (unpaired) electrons. The fraction of sp³-hybridized carbons (Fsp3) is 0.179. The molecule has 1 aliphatic heterocycles. The van der Waals surface area contributed by atoms with Gasteiger partial charge in [-0.3, -0.25) is 0 Å². The van der Waals surface area contributed by atoms with Crippen LogP contribution in [0.25, 0.3) is 5.57 Å². The Morgan fingerprint density at radius 2 is 1.66 bits per heavy atom. The average Bonchev–Trinajstić information content (AvgIpc) is 3.23. The number of allylic oxidation sites excluding steroid dienone is 1. The summed E-state index contributed by atoms with van der Waals surface area (Å²) in [4.78, 5) is 0. The van der Waals surface area contributed by atoms with Crippen molar-refractivity contribution in [3.05, 3.63) is 124 Å². The van der Waals surface area contributed by atoms with E-state index in [0.29, 0.717) is 11.4 Å². The third-order valence-corrected chi connectivity index (χ3v) is 6.23. The molecule has 0 N–H and O–H groups in total. The molecule has 4 rings (SSSR count). The second-order valence-corrected chi connectivity index (χ2v) is 8.66. The third kappa shape index (κ3) is 4.39. The van der Waals surface area contributed by atoms with Crippen molar-refractivity contribution < 1.29 is 4.39 Å². The van der Waals surface area contributed by atoms with E-state index in [1.54, 1.807) is 0 Å². The summed E-state index contributed by atoms with van der Waals surface area (Å²) in [6.45, 7) is 9.73. The summed E-state index contributed by atoms with van der Waals surface area (Å²) in [5.74, 6) is -0.553. The number of benzene rings is 3. The summed E-state index contributed by atoms with van der Waals surface area (Å²) in [5, 5.41) is 6.77. The molecule has 1 heterocycles. The maximum absolute atomic E-state index is 14.4. The van der Waals surface area contributed by atoms with Crippen LogP contribution in [-0.4, -0.2) is 10.7 Å². The van der Waals surface area contributed by atoms with E-state index in [0.717, 1.165) is 39.1 Å². The van der Waals surface area contributed by atoms with Gasteiger partial charge in [0.2, 0.25) is 5.95 Å². The van der Waals surface area contributed by atoms with E-state index in [-0.39, 0.29) is 6.04 Å². The predicted molar refractivity (Wildman–Crippen MR) is 132 cm³/mol. The molecule has 0 saturated carbocycles.